The van der Waals surface area contributed by atoms with Crippen molar-refractivity contribution in [2.24, 2.45) is 0 Å². The molecule has 0 radical (unpaired) electrons. The molecule has 212 valence electrons. The average molecular weight is 549 g/mol. The van der Waals surface area contributed by atoms with Crippen molar-refractivity contribution in [3.05, 3.63) is 106 Å². The lowest BCUT2D eigenvalue weighted by Crippen LogP contribution is -2.00. The molecule has 0 aliphatic heterocycles. The molecule has 0 atom stereocenters. The topological polar surface area (TPSA) is 127 Å². The van der Waals surface area contributed by atoms with Crippen LogP contribution >= 0.6 is 0 Å². The van der Waals surface area contributed by atoms with Crippen LogP contribution in [-0.4, -0.2) is 47.9 Å². The molecule has 40 heavy (non-hydrogen) atoms. The minimum Gasteiger partial charge on any atom is -0.496 e. The van der Waals surface area contributed by atoms with Gasteiger partial charge in [0.15, 0.2) is 11.6 Å². The van der Waals surface area contributed by atoms with E-state index >= 15 is 0 Å². The minimum absolute atomic E-state index is 0.213. The van der Waals surface area contributed by atoms with Crippen LogP contribution in [0.1, 0.15) is 59.5 Å². The molecule has 2 N–H and O–H groups in total. The van der Waals surface area contributed by atoms with Gasteiger partial charge in [-0.1, -0.05) is 38.1 Å². The second-order valence-corrected chi connectivity index (χ2v) is 8.62. The smallest absolute Gasteiger partial charge is 0.328 e. The SMILES string of the molecule is CCc1ccc(OC)c(C(=O)/C=C/C(C)=C/C(=O)O)c1.CCc1ccc(OC)c(C(=O)/C=C/C(C)=C/C(=O)O)c1. The Bertz CT molecular complexity index is 1240. The number of aryl methyl sites for hydroxylation is 2. The zero-order chi connectivity index (χ0) is 30.2. The normalized spacial score (nSPS) is 11.7. The largest absolute Gasteiger partial charge is 0.496 e. The van der Waals surface area contributed by atoms with Gasteiger partial charge in [-0.25, -0.2) is 9.59 Å². The highest BCUT2D eigenvalue weighted by Gasteiger charge is 2.11. The maximum absolute atomic E-state index is 12.1. The number of carboxylic acid groups (broad SMARTS) is 2. The van der Waals surface area contributed by atoms with E-state index in [2.05, 4.69) is 0 Å². The van der Waals surface area contributed by atoms with Crippen LogP contribution in [0.3, 0.4) is 0 Å². The number of hydrogen-bond donors (Lipinski definition) is 2. The molecule has 0 spiro atoms. The molecule has 2 aromatic carbocycles. The van der Waals surface area contributed by atoms with Crippen LogP contribution < -0.4 is 9.47 Å². The number of ether oxygens (including phenoxy) is 2. The second-order valence-electron chi connectivity index (χ2n) is 8.62. The summed E-state index contributed by atoms with van der Waals surface area (Å²) < 4.78 is 10.3. The average Bonchev–Trinajstić information content (AvgIpc) is 2.93. The molecule has 0 amide bonds. The number of ketones is 2. The number of carbonyl (C=O) groups excluding carboxylic acids is 2. The van der Waals surface area contributed by atoms with E-state index in [0.29, 0.717) is 33.8 Å². The number of aliphatic carboxylic acids is 2. The first-order chi connectivity index (χ1) is 18.9. The molecule has 0 bridgehead atoms. The minimum atomic E-state index is -1.04. The van der Waals surface area contributed by atoms with E-state index in [1.165, 1.54) is 38.5 Å². The Balaban J connectivity index is 0.000000400. The van der Waals surface area contributed by atoms with Crippen LogP contribution in [0.15, 0.2) is 84.0 Å². The highest BCUT2D eigenvalue weighted by molar-refractivity contribution is 6.07. The van der Waals surface area contributed by atoms with Gasteiger partial charge in [0.05, 0.1) is 25.3 Å². The molecule has 0 aliphatic rings. The predicted molar refractivity (Wildman–Crippen MR) is 154 cm³/mol. The van der Waals surface area contributed by atoms with Crippen LogP contribution in [-0.2, 0) is 22.4 Å². The van der Waals surface area contributed by atoms with Crippen LogP contribution in [0.2, 0.25) is 0 Å². The summed E-state index contributed by atoms with van der Waals surface area (Å²) in [5.74, 6) is -1.48. The van der Waals surface area contributed by atoms with E-state index in [9.17, 15) is 19.2 Å². The Labute approximate surface area is 234 Å². The van der Waals surface area contributed by atoms with Crippen LogP contribution in [0.5, 0.6) is 11.5 Å². The summed E-state index contributed by atoms with van der Waals surface area (Å²) >= 11 is 0. The van der Waals surface area contributed by atoms with Gasteiger partial charge < -0.3 is 19.7 Å². The van der Waals surface area contributed by atoms with Crippen molar-refractivity contribution < 1.29 is 38.9 Å². The monoisotopic (exact) mass is 548 g/mol. The van der Waals surface area contributed by atoms with E-state index < -0.39 is 11.9 Å². The molecule has 8 nitrogen and oxygen atoms in total. The molecule has 0 aromatic heterocycles. The third-order valence-corrected chi connectivity index (χ3v) is 5.57. The van der Waals surface area contributed by atoms with Crippen LogP contribution in [0.25, 0.3) is 0 Å². The van der Waals surface area contributed by atoms with Crippen molar-refractivity contribution in [3.8, 4) is 11.5 Å². The number of methoxy groups -OCH3 is 2. The van der Waals surface area contributed by atoms with Crippen molar-refractivity contribution in [1.29, 1.82) is 0 Å². The Morgan fingerprint density at radius 3 is 1.27 bits per heavy atom. The highest BCUT2D eigenvalue weighted by Crippen LogP contribution is 2.22. The first-order valence-electron chi connectivity index (χ1n) is 12.6. The summed E-state index contributed by atoms with van der Waals surface area (Å²) in [6.07, 6.45) is 9.41. The molecular formula is C32H36O8. The Hall–Kier alpha value is -4.72. The Kier molecular flexibility index (Phi) is 14.1. The fourth-order valence-electron chi connectivity index (χ4n) is 3.41. The van der Waals surface area contributed by atoms with E-state index in [-0.39, 0.29) is 11.6 Å². The first-order valence-corrected chi connectivity index (χ1v) is 12.6. The van der Waals surface area contributed by atoms with Crippen molar-refractivity contribution in [2.75, 3.05) is 14.2 Å². The quantitative estimate of drug-likeness (QED) is 0.186. The van der Waals surface area contributed by atoms with Gasteiger partial charge in [0, 0.05) is 12.2 Å². The van der Waals surface area contributed by atoms with Crippen molar-refractivity contribution in [2.45, 2.75) is 40.5 Å². The van der Waals surface area contributed by atoms with E-state index in [0.717, 1.165) is 36.1 Å². The fourth-order valence-corrected chi connectivity index (χ4v) is 3.41. The predicted octanol–water partition coefficient (Wildman–Crippen LogP) is 6.05. The maximum atomic E-state index is 12.1. The van der Waals surface area contributed by atoms with Gasteiger partial charge in [0.25, 0.3) is 0 Å². The summed E-state index contributed by atoms with van der Waals surface area (Å²) in [6.45, 7) is 7.26. The van der Waals surface area contributed by atoms with Gasteiger partial charge >= 0.3 is 11.9 Å². The molecule has 2 rings (SSSR count). The Morgan fingerprint density at radius 1 is 0.650 bits per heavy atom. The van der Waals surface area contributed by atoms with Crippen LogP contribution in [0, 0.1) is 0 Å². The maximum Gasteiger partial charge on any atom is 0.328 e. The first kappa shape index (κ1) is 33.3. The second kappa shape index (κ2) is 17.0. The van der Waals surface area contributed by atoms with Gasteiger partial charge in [0.2, 0.25) is 0 Å². The standard InChI is InChI=1S/2C16H18O4/c2*1-4-12-6-8-15(20-3)13(10-12)14(17)7-5-11(2)9-16(18)19/h2*5-10H,4H2,1-3H3,(H,18,19)/b2*7-5+,11-9+. The summed E-state index contributed by atoms with van der Waals surface area (Å²) in [4.78, 5) is 45.3. The molecule has 0 unspecified atom stereocenters. The molecule has 0 fully saturated rings. The van der Waals surface area contributed by atoms with Gasteiger partial charge in [-0.3, -0.25) is 9.59 Å². The molecule has 0 aliphatic carbocycles. The van der Waals surface area contributed by atoms with E-state index in [4.69, 9.17) is 19.7 Å². The number of carbonyl (C=O) groups is 4. The van der Waals surface area contributed by atoms with Gasteiger partial charge in [-0.2, -0.15) is 0 Å². The van der Waals surface area contributed by atoms with Gasteiger partial charge in [-0.15, -0.1) is 0 Å². The van der Waals surface area contributed by atoms with Gasteiger partial charge in [-0.05, 0) is 85.4 Å². The van der Waals surface area contributed by atoms with E-state index in [1.54, 1.807) is 38.1 Å². The zero-order valence-electron chi connectivity index (χ0n) is 23.7. The number of benzene rings is 2. The summed E-state index contributed by atoms with van der Waals surface area (Å²) in [5.41, 5.74) is 4.03. The Morgan fingerprint density at radius 2 is 1.00 bits per heavy atom. The third-order valence-electron chi connectivity index (χ3n) is 5.57. The molecular weight excluding hydrogens is 512 g/mol. The number of carboxylic acids is 2. The lowest BCUT2D eigenvalue weighted by Gasteiger charge is -2.07. The number of hydrogen-bond acceptors (Lipinski definition) is 6. The highest BCUT2D eigenvalue weighted by atomic mass is 16.5. The third kappa shape index (κ3) is 11.3. The lowest BCUT2D eigenvalue weighted by molar-refractivity contribution is -0.132. The summed E-state index contributed by atoms with van der Waals surface area (Å²) in [7, 11) is 3.02. The lowest BCUT2D eigenvalue weighted by atomic mass is 10.0. The number of allylic oxidation sites excluding steroid dienone is 6. The summed E-state index contributed by atoms with van der Waals surface area (Å²) in [6, 6.07) is 10.9. The van der Waals surface area contributed by atoms with Crippen molar-refractivity contribution >= 4 is 23.5 Å². The fraction of sp³-hybridized carbons (Fsp3) is 0.250. The molecule has 8 heteroatoms. The van der Waals surface area contributed by atoms with Crippen molar-refractivity contribution in [1.82, 2.24) is 0 Å². The molecule has 0 saturated heterocycles. The van der Waals surface area contributed by atoms with E-state index in [1.807, 2.05) is 26.0 Å². The molecule has 0 heterocycles. The van der Waals surface area contributed by atoms with Crippen LogP contribution in [0.4, 0.5) is 0 Å². The number of rotatable bonds is 12. The summed E-state index contributed by atoms with van der Waals surface area (Å²) in [5, 5.41) is 17.2. The molecule has 0 saturated carbocycles. The van der Waals surface area contributed by atoms with Crippen molar-refractivity contribution in [3.63, 3.8) is 0 Å². The zero-order valence-corrected chi connectivity index (χ0v) is 23.7. The molecule has 2 aromatic rings. The van der Waals surface area contributed by atoms with Gasteiger partial charge in [0.1, 0.15) is 11.5 Å².